The third-order valence-electron chi connectivity index (χ3n) is 3.14. The lowest BCUT2D eigenvalue weighted by Crippen LogP contribution is -2.38. The second-order valence-electron chi connectivity index (χ2n) is 4.35. The first kappa shape index (κ1) is 10.9. The van der Waals surface area contributed by atoms with Crippen LogP contribution in [0.15, 0.2) is 36.9 Å². The average molecular weight is 215 g/mol. The zero-order valence-corrected chi connectivity index (χ0v) is 9.65. The maximum atomic E-state index is 12.0. The number of carbonyl (C=O) groups excluding carboxylic acids is 1. The molecule has 16 heavy (non-hydrogen) atoms. The summed E-state index contributed by atoms with van der Waals surface area (Å²) in [5.74, 6) is 0.342. The van der Waals surface area contributed by atoms with E-state index >= 15 is 0 Å². The number of hydrogen-bond donors (Lipinski definition) is 0. The minimum Gasteiger partial charge on any atom is -0.312 e. The van der Waals surface area contributed by atoms with Gasteiger partial charge in [-0.25, -0.2) is 0 Å². The summed E-state index contributed by atoms with van der Waals surface area (Å²) in [6.07, 6.45) is 2.07. The molecule has 0 saturated carbocycles. The molecule has 1 amide bonds. The first-order valence-corrected chi connectivity index (χ1v) is 5.76. The summed E-state index contributed by atoms with van der Waals surface area (Å²) < 4.78 is 0. The van der Waals surface area contributed by atoms with E-state index in [1.165, 1.54) is 0 Å². The standard InChI is InChI=1S/C14H17NO/c1-11-7-6-10-15(14(11)16)12(2)13-8-4-3-5-9-13/h3-5,8-9,11H,2,6-7,10H2,1H3. The largest absolute Gasteiger partial charge is 0.312 e. The van der Waals surface area contributed by atoms with Gasteiger partial charge in [0, 0.05) is 18.2 Å². The molecule has 0 N–H and O–H groups in total. The number of amides is 1. The Kier molecular flexibility index (Phi) is 3.09. The number of likely N-dealkylation sites (tertiary alicyclic amines) is 1. The van der Waals surface area contributed by atoms with Crippen molar-refractivity contribution in [1.29, 1.82) is 0 Å². The summed E-state index contributed by atoms with van der Waals surface area (Å²) in [6, 6.07) is 9.90. The molecule has 2 rings (SSSR count). The van der Waals surface area contributed by atoms with Crippen LogP contribution < -0.4 is 0 Å². The minimum absolute atomic E-state index is 0.134. The van der Waals surface area contributed by atoms with E-state index < -0.39 is 0 Å². The van der Waals surface area contributed by atoms with Crippen molar-refractivity contribution < 1.29 is 4.79 Å². The Morgan fingerprint density at radius 2 is 2.06 bits per heavy atom. The van der Waals surface area contributed by atoms with E-state index in [1.54, 1.807) is 0 Å². The summed E-state index contributed by atoms with van der Waals surface area (Å²) in [6.45, 7) is 6.83. The third kappa shape index (κ3) is 2.01. The second-order valence-corrected chi connectivity index (χ2v) is 4.35. The summed E-state index contributed by atoms with van der Waals surface area (Å²) in [7, 11) is 0. The van der Waals surface area contributed by atoms with Gasteiger partial charge in [-0.15, -0.1) is 0 Å². The Balaban J connectivity index is 2.19. The monoisotopic (exact) mass is 215 g/mol. The number of hydrogen-bond acceptors (Lipinski definition) is 1. The summed E-state index contributed by atoms with van der Waals surface area (Å²) >= 11 is 0. The Bertz CT molecular complexity index is 396. The predicted molar refractivity (Wildman–Crippen MR) is 65.6 cm³/mol. The molecule has 1 saturated heterocycles. The van der Waals surface area contributed by atoms with Gasteiger partial charge in [0.1, 0.15) is 0 Å². The fraction of sp³-hybridized carbons (Fsp3) is 0.357. The summed E-state index contributed by atoms with van der Waals surface area (Å²) in [5.41, 5.74) is 1.86. The topological polar surface area (TPSA) is 20.3 Å². The van der Waals surface area contributed by atoms with Gasteiger partial charge >= 0.3 is 0 Å². The molecular weight excluding hydrogens is 198 g/mol. The van der Waals surface area contributed by atoms with Crippen LogP contribution in [0, 0.1) is 5.92 Å². The van der Waals surface area contributed by atoms with Gasteiger partial charge in [0.25, 0.3) is 0 Å². The number of piperidine rings is 1. The fourth-order valence-corrected chi connectivity index (χ4v) is 2.11. The summed E-state index contributed by atoms with van der Waals surface area (Å²) in [4.78, 5) is 13.8. The predicted octanol–water partition coefficient (Wildman–Crippen LogP) is 2.92. The van der Waals surface area contributed by atoms with Crippen molar-refractivity contribution in [2.24, 2.45) is 5.92 Å². The van der Waals surface area contributed by atoms with Gasteiger partial charge in [-0.2, -0.15) is 0 Å². The Labute approximate surface area is 96.6 Å². The van der Waals surface area contributed by atoms with Crippen LogP contribution in [0.5, 0.6) is 0 Å². The van der Waals surface area contributed by atoms with Gasteiger partial charge < -0.3 is 4.90 Å². The van der Waals surface area contributed by atoms with Gasteiger partial charge in [0.2, 0.25) is 5.91 Å². The first-order chi connectivity index (χ1) is 7.70. The molecule has 0 radical (unpaired) electrons. The lowest BCUT2D eigenvalue weighted by Gasteiger charge is -2.32. The lowest BCUT2D eigenvalue weighted by molar-refractivity contribution is -0.133. The van der Waals surface area contributed by atoms with Crippen molar-refractivity contribution in [3.8, 4) is 0 Å². The van der Waals surface area contributed by atoms with E-state index in [0.717, 1.165) is 30.6 Å². The number of benzene rings is 1. The molecule has 1 unspecified atom stereocenters. The molecule has 84 valence electrons. The molecule has 0 spiro atoms. The Morgan fingerprint density at radius 3 is 2.75 bits per heavy atom. The maximum Gasteiger partial charge on any atom is 0.229 e. The van der Waals surface area contributed by atoms with Crippen LogP contribution in [0.25, 0.3) is 5.70 Å². The Hall–Kier alpha value is -1.57. The molecule has 1 aliphatic heterocycles. The molecule has 2 heteroatoms. The van der Waals surface area contributed by atoms with Crippen molar-refractivity contribution in [2.45, 2.75) is 19.8 Å². The molecular formula is C14H17NO. The molecule has 1 aromatic carbocycles. The molecule has 2 nitrogen and oxygen atoms in total. The highest BCUT2D eigenvalue weighted by Crippen LogP contribution is 2.25. The van der Waals surface area contributed by atoms with Gasteiger partial charge in [0.15, 0.2) is 0 Å². The van der Waals surface area contributed by atoms with Gasteiger partial charge in [0.05, 0.1) is 0 Å². The van der Waals surface area contributed by atoms with E-state index in [1.807, 2.05) is 42.2 Å². The smallest absolute Gasteiger partial charge is 0.229 e. The molecule has 0 bridgehead atoms. The molecule has 1 atom stereocenters. The average Bonchev–Trinajstić information content (AvgIpc) is 2.33. The van der Waals surface area contributed by atoms with Crippen LogP contribution in [0.3, 0.4) is 0 Å². The number of rotatable bonds is 2. The molecule has 1 aromatic rings. The van der Waals surface area contributed by atoms with Crippen molar-refractivity contribution in [3.05, 3.63) is 42.5 Å². The highest BCUT2D eigenvalue weighted by atomic mass is 16.2. The molecule has 1 aliphatic rings. The van der Waals surface area contributed by atoms with Gasteiger partial charge in [-0.05, 0) is 18.4 Å². The summed E-state index contributed by atoms with van der Waals surface area (Å²) in [5, 5.41) is 0. The molecule has 0 aromatic heterocycles. The molecule has 1 heterocycles. The van der Waals surface area contributed by atoms with E-state index in [-0.39, 0.29) is 11.8 Å². The van der Waals surface area contributed by atoms with Crippen LogP contribution in [0.4, 0.5) is 0 Å². The number of nitrogens with zero attached hydrogens (tertiary/aromatic N) is 1. The molecule has 0 aliphatic carbocycles. The van der Waals surface area contributed by atoms with E-state index in [4.69, 9.17) is 0 Å². The number of carbonyl (C=O) groups is 1. The van der Waals surface area contributed by atoms with E-state index in [9.17, 15) is 4.79 Å². The van der Waals surface area contributed by atoms with Crippen LogP contribution in [-0.4, -0.2) is 17.4 Å². The van der Waals surface area contributed by atoms with Gasteiger partial charge in [-0.1, -0.05) is 43.8 Å². The van der Waals surface area contributed by atoms with Crippen molar-refractivity contribution in [2.75, 3.05) is 6.54 Å². The SMILES string of the molecule is C=C(c1ccccc1)N1CCCC(C)C1=O. The normalized spacial score (nSPS) is 20.9. The quantitative estimate of drug-likeness (QED) is 0.742. The zero-order valence-electron chi connectivity index (χ0n) is 9.65. The minimum atomic E-state index is 0.134. The van der Waals surface area contributed by atoms with Crippen molar-refractivity contribution >= 4 is 11.6 Å². The van der Waals surface area contributed by atoms with E-state index in [2.05, 4.69) is 6.58 Å². The first-order valence-electron chi connectivity index (χ1n) is 5.76. The fourth-order valence-electron chi connectivity index (χ4n) is 2.11. The van der Waals surface area contributed by atoms with E-state index in [0.29, 0.717) is 0 Å². The van der Waals surface area contributed by atoms with Crippen molar-refractivity contribution in [3.63, 3.8) is 0 Å². The van der Waals surface area contributed by atoms with Crippen LogP contribution in [-0.2, 0) is 4.79 Å². The Morgan fingerprint density at radius 1 is 1.38 bits per heavy atom. The van der Waals surface area contributed by atoms with Crippen LogP contribution >= 0.6 is 0 Å². The van der Waals surface area contributed by atoms with Gasteiger partial charge in [-0.3, -0.25) is 4.79 Å². The van der Waals surface area contributed by atoms with Crippen LogP contribution in [0.2, 0.25) is 0 Å². The zero-order chi connectivity index (χ0) is 11.5. The van der Waals surface area contributed by atoms with Crippen molar-refractivity contribution in [1.82, 2.24) is 4.90 Å². The van der Waals surface area contributed by atoms with Crippen LogP contribution in [0.1, 0.15) is 25.3 Å². The maximum absolute atomic E-state index is 12.0. The third-order valence-corrected chi connectivity index (χ3v) is 3.14. The lowest BCUT2D eigenvalue weighted by atomic mass is 9.98. The highest BCUT2D eigenvalue weighted by Gasteiger charge is 2.26. The second kappa shape index (κ2) is 4.52. The highest BCUT2D eigenvalue weighted by molar-refractivity contribution is 5.88. The molecule has 1 fully saturated rings.